The Morgan fingerprint density at radius 3 is 2.56 bits per heavy atom. The fourth-order valence-electron chi connectivity index (χ4n) is 3.22. The number of benzene rings is 1. The Morgan fingerprint density at radius 1 is 1.24 bits per heavy atom. The van der Waals surface area contributed by atoms with Crippen molar-refractivity contribution in [3.05, 3.63) is 34.9 Å². The first-order valence-corrected chi connectivity index (χ1v) is 8.28. The molecule has 1 saturated heterocycles. The lowest BCUT2D eigenvalue weighted by atomic mass is 10.0. The van der Waals surface area contributed by atoms with Crippen molar-refractivity contribution in [2.45, 2.75) is 32.4 Å². The van der Waals surface area contributed by atoms with E-state index < -0.39 is 11.6 Å². The number of hydrogen-bond acceptors (Lipinski definition) is 5. The molecule has 2 aliphatic rings. The Balaban J connectivity index is 1.93. The molecule has 134 valence electrons. The number of hydrogen-bond donors (Lipinski definition) is 1. The second-order valence-electron chi connectivity index (χ2n) is 7.29. The minimum Gasteiger partial charge on any atom is -0.394 e. The number of fused-ring (bicyclic) bond motifs is 1. The normalized spacial score (nSPS) is 20.9. The molecule has 7 nitrogen and oxygen atoms in total. The molecule has 1 atom stereocenters. The van der Waals surface area contributed by atoms with Gasteiger partial charge in [0.15, 0.2) is 0 Å². The van der Waals surface area contributed by atoms with E-state index in [1.807, 2.05) is 0 Å². The molecule has 1 aromatic rings. The van der Waals surface area contributed by atoms with E-state index >= 15 is 0 Å². The van der Waals surface area contributed by atoms with Crippen molar-refractivity contribution >= 4 is 17.7 Å². The highest BCUT2D eigenvalue weighted by Gasteiger charge is 2.42. The van der Waals surface area contributed by atoms with Crippen LogP contribution in [0.5, 0.6) is 0 Å². The summed E-state index contributed by atoms with van der Waals surface area (Å²) in [6.07, 6.45) is 0. The Bertz CT molecular complexity index is 737. The molecule has 0 spiro atoms. The van der Waals surface area contributed by atoms with Crippen molar-refractivity contribution in [1.82, 2.24) is 9.80 Å². The van der Waals surface area contributed by atoms with Crippen molar-refractivity contribution in [2.24, 2.45) is 0 Å². The molecular weight excluding hydrogens is 324 g/mol. The number of aliphatic hydroxyl groups excluding tert-OH is 1. The van der Waals surface area contributed by atoms with E-state index in [9.17, 15) is 19.5 Å². The van der Waals surface area contributed by atoms with Crippen LogP contribution in [0, 0.1) is 0 Å². The van der Waals surface area contributed by atoms with Gasteiger partial charge in [-0.15, -0.1) is 0 Å². The summed E-state index contributed by atoms with van der Waals surface area (Å²) in [6, 6.07) is 4.16. The van der Waals surface area contributed by atoms with Gasteiger partial charge in [0.25, 0.3) is 17.7 Å². The number of carbonyl (C=O) groups is 3. The second kappa shape index (κ2) is 6.24. The van der Waals surface area contributed by atoms with E-state index in [1.54, 1.807) is 31.7 Å². The molecule has 25 heavy (non-hydrogen) atoms. The highest BCUT2D eigenvalue weighted by molar-refractivity contribution is 6.22. The van der Waals surface area contributed by atoms with Gasteiger partial charge >= 0.3 is 0 Å². The van der Waals surface area contributed by atoms with Gasteiger partial charge in [-0.3, -0.25) is 19.3 Å². The summed E-state index contributed by atoms with van der Waals surface area (Å²) in [4.78, 5) is 40.7. The fraction of sp³-hybridized carbons (Fsp3) is 0.500. The van der Waals surface area contributed by atoms with E-state index in [1.165, 1.54) is 17.0 Å². The summed E-state index contributed by atoms with van der Waals surface area (Å²) < 4.78 is 5.29. The van der Waals surface area contributed by atoms with E-state index in [0.717, 1.165) is 0 Å². The molecule has 2 heterocycles. The summed E-state index contributed by atoms with van der Waals surface area (Å²) in [5.74, 6) is -1.01. The minimum absolute atomic E-state index is 0.189. The molecule has 0 radical (unpaired) electrons. The number of carbonyl (C=O) groups excluding carboxylic acids is 3. The van der Waals surface area contributed by atoms with Crippen LogP contribution in [0.3, 0.4) is 0 Å². The van der Waals surface area contributed by atoms with E-state index in [-0.39, 0.29) is 36.5 Å². The monoisotopic (exact) mass is 346 g/mol. The molecule has 0 bridgehead atoms. The molecule has 3 amide bonds. The summed E-state index contributed by atoms with van der Waals surface area (Å²) in [7, 11) is 0. The SMILES string of the molecule is CC(C)(C)N1C(=O)c2ccc(C(=O)N3CCOCC3CO)cc2C1=O. The highest BCUT2D eigenvalue weighted by Crippen LogP contribution is 2.30. The van der Waals surface area contributed by atoms with Crippen LogP contribution in [0.15, 0.2) is 18.2 Å². The molecule has 2 aliphatic heterocycles. The number of rotatable bonds is 2. The Morgan fingerprint density at radius 2 is 1.92 bits per heavy atom. The van der Waals surface area contributed by atoms with Gasteiger partial charge in [-0.25, -0.2) is 0 Å². The van der Waals surface area contributed by atoms with Crippen LogP contribution in [0.2, 0.25) is 0 Å². The third-order valence-corrected chi connectivity index (χ3v) is 4.50. The zero-order valence-corrected chi connectivity index (χ0v) is 14.6. The summed E-state index contributed by atoms with van der Waals surface area (Å²) in [5.41, 5.74) is 0.261. The van der Waals surface area contributed by atoms with E-state index in [4.69, 9.17) is 4.74 Å². The second-order valence-corrected chi connectivity index (χ2v) is 7.29. The first-order chi connectivity index (χ1) is 11.8. The standard InChI is InChI=1S/C18H22N2O5/c1-18(2,3)20-16(23)13-5-4-11(8-14(13)17(20)24)15(22)19-6-7-25-10-12(19)9-21/h4-5,8,12,21H,6-7,9-10H2,1-3H3. The topological polar surface area (TPSA) is 87.2 Å². The number of nitrogens with zero attached hydrogens (tertiary/aromatic N) is 2. The maximum Gasteiger partial charge on any atom is 0.262 e. The first kappa shape index (κ1) is 17.6. The molecular formula is C18H22N2O5. The molecule has 0 aromatic heterocycles. The van der Waals surface area contributed by atoms with Crippen molar-refractivity contribution in [3.63, 3.8) is 0 Å². The Kier molecular flexibility index (Phi) is 4.38. The van der Waals surface area contributed by atoms with Gasteiger partial charge in [0.1, 0.15) is 0 Å². The van der Waals surface area contributed by atoms with Gasteiger partial charge in [0.05, 0.1) is 37.0 Å². The van der Waals surface area contributed by atoms with Gasteiger partial charge in [-0.05, 0) is 39.0 Å². The lowest BCUT2D eigenvalue weighted by molar-refractivity contribution is -0.0183. The summed E-state index contributed by atoms with van der Waals surface area (Å²) in [6.45, 7) is 6.25. The number of imide groups is 1. The van der Waals surface area contributed by atoms with E-state index in [2.05, 4.69) is 0 Å². The number of amides is 3. The van der Waals surface area contributed by atoms with Crippen molar-refractivity contribution in [1.29, 1.82) is 0 Å². The zero-order chi connectivity index (χ0) is 18.4. The first-order valence-electron chi connectivity index (χ1n) is 8.28. The lowest BCUT2D eigenvalue weighted by Crippen LogP contribution is -2.50. The van der Waals surface area contributed by atoms with Crippen LogP contribution in [0.4, 0.5) is 0 Å². The lowest BCUT2D eigenvalue weighted by Gasteiger charge is -2.34. The quantitative estimate of drug-likeness (QED) is 0.805. The van der Waals surface area contributed by atoms with Crippen LogP contribution >= 0.6 is 0 Å². The molecule has 0 saturated carbocycles. The van der Waals surface area contributed by atoms with Gasteiger partial charge < -0.3 is 14.7 Å². The van der Waals surface area contributed by atoms with Crippen LogP contribution < -0.4 is 0 Å². The number of ether oxygens (including phenoxy) is 1. The van der Waals surface area contributed by atoms with Gasteiger partial charge in [-0.1, -0.05) is 0 Å². The van der Waals surface area contributed by atoms with E-state index in [0.29, 0.717) is 24.3 Å². The summed E-state index contributed by atoms with van der Waals surface area (Å²) >= 11 is 0. The van der Waals surface area contributed by atoms with Crippen molar-refractivity contribution in [3.8, 4) is 0 Å². The minimum atomic E-state index is -0.635. The summed E-state index contributed by atoms with van der Waals surface area (Å²) in [5, 5.41) is 9.43. The molecule has 3 rings (SSSR count). The molecule has 1 fully saturated rings. The zero-order valence-electron chi connectivity index (χ0n) is 14.6. The smallest absolute Gasteiger partial charge is 0.262 e. The van der Waals surface area contributed by atoms with Crippen LogP contribution in [-0.4, -0.2) is 70.6 Å². The maximum atomic E-state index is 12.8. The fourth-order valence-corrected chi connectivity index (χ4v) is 3.22. The third kappa shape index (κ3) is 2.94. The average molecular weight is 346 g/mol. The number of morpholine rings is 1. The molecule has 1 aromatic carbocycles. The predicted molar refractivity (Wildman–Crippen MR) is 89.4 cm³/mol. The number of aliphatic hydroxyl groups is 1. The van der Waals surface area contributed by atoms with Crippen LogP contribution in [0.1, 0.15) is 51.8 Å². The van der Waals surface area contributed by atoms with Gasteiger partial charge in [-0.2, -0.15) is 0 Å². The van der Waals surface area contributed by atoms with Crippen LogP contribution in [0.25, 0.3) is 0 Å². The highest BCUT2D eigenvalue weighted by atomic mass is 16.5. The molecule has 1 N–H and O–H groups in total. The molecule has 0 aliphatic carbocycles. The average Bonchev–Trinajstić information content (AvgIpc) is 2.84. The molecule has 7 heteroatoms. The van der Waals surface area contributed by atoms with Crippen LogP contribution in [-0.2, 0) is 4.74 Å². The van der Waals surface area contributed by atoms with Gasteiger partial charge in [0, 0.05) is 17.6 Å². The van der Waals surface area contributed by atoms with Crippen molar-refractivity contribution < 1.29 is 24.2 Å². The van der Waals surface area contributed by atoms with Gasteiger partial charge in [0.2, 0.25) is 0 Å². The molecule has 1 unspecified atom stereocenters. The van der Waals surface area contributed by atoms with Crippen molar-refractivity contribution in [2.75, 3.05) is 26.4 Å². The Hall–Kier alpha value is -2.25. The largest absolute Gasteiger partial charge is 0.394 e. The third-order valence-electron chi connectivity index (χ3n) is 4.50. The maximum absolute atomic E-state index is 12.8. The predicted octanol–water partition coefficient (Wildman–Crippen LogP) is 0.914. The Labute approximate surface area is 146 Å².